The summed E-state index contributed by atoms with van der Waals surface area (Å²) < 4.78 is 10.8. The maximum atomic E-state index is 12.1. The summed E-state index contributed by atoms with van der Waals surface area (Å²) in [5.41, 5.74) is 4.37. The number of methoxy groups -OCH3 is 1. The van der Waals surface area contributed by atoms with Gasteiger partial charge in [0.25, 0.3) is 0 Å². The van der Waals surface area contributed by atoms with Gasteiger partial charge in [-0.25, -0.2) is 0 Å². The first-order valence-corrected chi connectivity index (χ1v) is 9.79. The van der Waals surface area contributed by atoms with Crippen LogP contribution >= 0.6 is 12.6 Å². The van der Waals surface area contributed by atoms with Gasteiger partial charge in [-0.3, -0.25) is 4.79 Å². The van der Waals surface area contributed by atoms with E-state index in [-0.39, 0.29) is 5.12 Å². The summed E-state index contributed by atoms with van der Waals surface area (Å²) in [4.78, 5) is 12.1. The van der Waals surface area contributed by atoms with E-state index >= 15 is 0 Å². The number of thiol groups is 1. The Balaban J connectivity index is 2.08. The molecule has 3 aromatic rings. The molecule has 0 radical (unpaired) electrons. The predicted octanol–water partition coefficient (Wildman–Crippen LogP) is 4.70. The number of rotatable bonds is 7. The zero-order valence-corrected chi connectivity index (χ0v) is 17.9. The molecule has 0 saturated carbocycles. The van der Waals surface area contributed by atoms with Gasteiger partial charge in [0.15, 0.2) is 0 Å². The van der Waals surface area contributed by atoms with Crippen LogP contribution in [-0.2, 0) is 6.42 Å². The van der Waals surface area contributed by atoms with Gasteiger partial charge in [-0.05, 0) is 59.9 Å². The minimum Gasteiger partial charge on any atom is -0.496 e. The summed E-state index contributed by atoms with van der Waals surface area (Å²) in [5, 5.41) is 16.8. The third-order valence-electron chi connectivity index (χ3n) is 4.60. The molecule has 0 N–H and O–H groups in total. The zero-order chi connectivity index (χ0) is 21.7. The van der Waals surface area contributed by atoms with E-state index in [1.54, 1.807) is 19.1 Å². The summed E-state index contributed by atoms with van der Waals surface area (Å²) in [6, 6.07) is 13.2. The molecule has 0 aliphatic rings. The SMILES string of the molecule is COc1c(C)cc(C(=CCCc2nnc(C)o2)c2cccc(C#N)c2)cc1C(=O)S. The number of hydrogen-bond acceptors (Lipinski definition) is 6. The van der Waals surface area contributed by atoms with Gasteiger partial charge in [0.2, 0.25) is 16.9 Å². The van der Waals surface area contributed by atoms with Crippen LogP contribution in [0.4, 0.5) is 0 Å². The van der Waals surface area contributed by atoms with Crippen LogP contribution in [0.2, 0.25) is 0 Å². The number of aryl methyl sites for hydroxylation is 3. The van der Waals surface area contributed by atoms with Crippen LogP contribution in [0, 0.1) is 25.2 Å². The number of benzene rings is 2. The maximum absolute atomic E-state index is 12.1. The van der Waals surface area contributed by atoms with Gasteiger partial charge in [-0.1, -0.05) is 18.2 Å². The minimum absolute atomic E-state index is 0.372. The van der Waals surface area contributed by atoms with Crippen LogP contribution < -0.4 is 4.74 Å². The van der Waals surface area contributed by atoms with E-state index in [0.29, 0.717) is 41.5 Å². The maximum Gasteiger partial charge on any atom is 0.220 e. The van der Waals surface area contributed by atoms with E-state index < -0.39 is 0 Å². The normalized spacial score (nSPS) is 11.2. The lowest BCUT2D eigenvalue weighted by Crippen LogP contribution is -2.01. The van der Waals surface area contributed by atoms with Gasteiger partial charge < -0.3 is 9.15 Å². The number of carbonyl (C=O) groups excluding carboxylic acids is 1. The van der Waals surface area contributed by atoms with E-state index in [4.69, 9.17) is 9.15 Å². The number of hydrogen-bond donors (Lipinski definition) is 1. The summed E-state index contributed by atoms with van der Waals surface area (Å²) in [6.07, 6.45) is 3.27. The fourth-order valence-corrected chi connectivity index (χ4v) is 3.46. The molecule has 0 unspecified atom stereocenters. The molecule has 0 saturated heterocycles. The number of ether oxygens (including phenoxy) is 1. The average molecular weight is 420 g/mol. The molecule has 3 rings (SSSR count). The number of aromatic nitrogens is 2. The second kappa shape index (κ2) is 9.42. The fraction of sp³-hybridized carbons (Fsp3) is 0.217. The number of nitriles is 1. The monoisotopic (exact) mass is 419 g/mol. The van der Waals surface area contributed by atoms with Crippen LogP contribution in [0.15, 0.2) is 46.9 Å². The second-order valence-corrected chi connectivity index (χ2v) is 7.15. The van der Waals surface area contributed by atoms with Gasteiger partial charge >= 0.3 is 0 Å². The van der Waals surface area contributed by atoms with E-state index in [2.05, 4.69) is 28.9 Å². The Labute approximate surface area is 180 Å². The van der Waals surface area contributed by atoms with Crippen molar-refractivity contribution in [2.24, 2.45) is 0 Å². The lowest BCUT2D eigenvalue weighted by Gasteiger charge is -2.15. The summed E-state index contributed by atoms with van der Waals surface area (Å²) in [7, 11) is 1.53. The summed E-state index contributed by atoms with van der Waals surface area (Å²) in [5.74, 6) is 1.59. The highest BCUT2D eigenvalue weighted by Crippen LogP contribution is 2.33. The van der Waals surface area contributed by atoms with Gasteiger partial charge in [0.05, 0.1) is 24.3 Å². The Morgan fingerprint density at radius 1 is 1.23 bits per heavy atom. The Morgan fingerprint density at radius 2 is 2.03 bits per heavy atom. The molecule has 0 aliphatic heterocycles. The number of nitrogens with zero attached hydrogens (tertiary/aromatic N) is 3. The molecule has 6 nitrogen and oxygen atoms in total. The van der Waals surface area contributed by atoms with E-state index in [1.165, 1.54) is 7.11 Å². The van der Waals surface area contributed by atoms with Crippen molar-refractivity contribution >= 4 is 23.3 Å². The molecule has 152 valence electrons. The molecule has 1 heterocycles. The van der Waals surface area contributed by atoms with Crippen molar-refractivity contribution in [3.8, 4) is 11.8 Å². The Bertz CT molecular complexity index is 1160. The van der Waals surface area contributed by atoms with Gasteiger partial charge in [0.1, 0.15) is 5.75 Å². The third kappa shape index (κ3) is 4.78. The van der Waals surface area contributed by atoms with Crippen molar-refractivity contribution < 1.29 is 13.9 Å². The zero-order valence-electron chi connectivity index (χ0n) is 17.0. The Kier molecular flexibility index (Phi) is 6.70. The van der Waals surface area contributed by atoms with Crippen LogP contribution in [0.3, 0.4) is 0 Å². The average Bonchev–Trinajstić information content (AvgIpc) is 3.15. The van der Waals surface area contributed by atoms with E-state index in [0.717, 1.165) is 22.3 Å². The van der Waals surface area contributed by atoms with E-state index in [1.807, 2.05) is 37.3 Å². The van der Waals surface area contributed by atoms with Crippen molar-refractivity contribution in [1.82, 2.24) is 10.2 Å². The molecular weight excluding hydrogens is 398 g/mol. The van der Waals surface area contributed by atoms with E-state index in [9.17, 15) is 10.1 Å². The van der Waals surface area contributed by atoms with Crippen molar-refractivity contribution in [3.05, 3.63) is 82.1 Å². The second-order valence-electron chi connectivity index (χ2n) is 6.74. The molecule has 0 fully saturated rings. The van der Waals surface area contributed by atoms with Crippen LogP contribution in [0.5, 0.6) is 5.75 Å². The molecule has 7 heteroatoms. The largest absolute Gasteiger partial charge is 0.496 e. The molecule has 0 bridgehead atoms. The molecule has 0 spiro atoms. The number of carbonyl (C=O) groups is 1. The first-order valence-electron chi connectivity index (χ1n) is 9.35. The highest BCUT2D eigenvalue weighted by Gasteiger charge is 2.16. The highest BCUT2D eigenvalue weighted by molar-refractivity contribution is 7.97. The summed E-state index contributed by atoms with van der Waals surface area (Å²) >= 11 is 4.00. The standard InChI is InChI=1S/C23H21N3O3S/c1-14-10-18(12-20(23(27)30)22(14)28-3)19(17-7-4-6-16(11-17)13-24)8-5-9-21-26-25-15(2)29-21/h4,6-8,10-12H,5,9H2,1-3H3,(H,27,30). The van der Waals surface area contributed by atoms with Crippen LogP contribution in [-0.4, -0.2) is 22.4 Å². The lowest BCUT2D eigenvalue weighted by atomic mass is 9.92. The topological polar surface area (TPSA) is 89.0 Å². The molecule has 1 aromatic heterocycles. The molecule has 0 atom stereocenters. The van der Waals surface area contributed by atoms with Crippen molar-refractivity contribution in [1.29, 1.82) is 5.26 Å². The highest BCUT2D eigenvalue weighted by atomic mass is 32.1. The van der Waals surface area contributed by atoms with Crippen molar-refractivity contribution in [2.75, 3.05) is 7.11 Å². The van der Waals surface area contributed by atoms with Crippen molar-refractivity contribution in [2.45, 2.75) is 26.7 Å². The van der Waals surface area contributed by atoms with Gasteiger partial charge in [0, 0.05) is 13.3 Å². The quantitative estimate of drug-likeness (QED) is 0.558. The van der Waals surface area contributed by atoms with Gasteiger partial charge in [-0.2, -0.15) is 5.26 Å². The summed E-state index contributed by atoms with van der Waals surface area (Å²) in [6.45, 7) is 3.63. The van der Waals surface area contributed by atoms with Gasteiger partial charge in [-0.15, -0.1) is 22.8 Å². The lowest BCUT2D eigenvalue weighted by molar-refractivity contribution is 0.108. The molecular formula is C23H21N3O3S. The van der Waals surface area contributed by atoms with Crippen molar-refractivity contribution in [3.63, 3.8) is 0 Å². The predicted molar refractivity (Wildman–Crippen MR) is 117 cm³/mol. The molecule has 0 amide bonds. The Morgan fingerprint density at radius 3 is 2.67 bits per heavy atom. The minimum atomic E-state index is -0.372. The first-order chi connectivity index (χ1) is 14.4. The van der Waals surface area contributed by atoms with Crippen LogP contribution in [0.1, 0.15) is 50.8 Å². The first kappa shape index (κ1) is 21.3. The third-order valence-corrected chi connectivity index (χ3v) is 4.84. The fourth-order valence-electron chi connectivity index (χ4n) is 3.30. The molecule has 0 aliphatic carbocycles. The Hall–Kier alpha value is -3.37. The molecule has 2 aromatic carbocycles. The molecule has 30 heavy (non-hydrogen) atoms. The smallest absolute Gasteiger partial charge is 0.220 e. The number of allylic oxidation sites excluding steroid dienone is 1. The van der Waals surface area contributed by atoms with Crippen LogP contribution in [0.25, 0.3) is 5.57 Å².